The number of hydrogen-bond donors (Lipinski definition) is 0. The fourth-order valence-electron chi connectivity index (χ4n) is 2.81. The van der Waals surface area contributed by atoms with E-state index in [2.05, 4.69) is 39.6 Å². The third-order valence-electron chi connectivity index (χ3n) is 3.95. The molecular formula is C13H25BrN2O. The van der Waals surface area contributed by atoms with Gasteiger partial charge < -0.3 is 9.64 Å². The second kappa shape index (κ2) is 6.50. The normalized spacial score (nSPS) is 32.5. The zero-order valence-corrected chi connectivity index (χ0v) is 12.7. The standard InChI is InChI=1S/C13H25BrN2O/c1-11(2)16-5-6-17-13(10-16)9-15-4-3-12(7-14)8-15/h11-13H,3-10H2,1-2H3. The van der Waals surface area contributed by atoms with Crippen molar-refractivity contribution in [3.8, 4) is 0 Å². The molecule has 3 nitrogen and oxygen atoms in total. The molecule has 2 fully saturated rings. The molecule has 0 spiro atoms. The number of ether oxygens (including phenoxy) is 1. The summed E-state index contributed by atoms with van der Waals surface area (Å²) in [6.07, 6.45) is 1.76. The fraction of sp³-hybridized carbons (Fsp3) is 1.00. The summed E-state index contributed by atoms with van der Waals surface area (Å²) < 4.78 is 5.89. The van der Waals surface area contributed by atoms with E-state index in [1.54, 1.807) is 0 Å². The quantitative estimate of drug-likeness (QED) is 0.737. The molecule has 2 heterocycles. The van der Waals surface area contributed by atoms with Crippen molar-refractivity contribution >= 4 is 15.9 Å². The molecule has 0 bridgehead atoms. The SMILES string of the molecule is CC(C)N1CCOC(CN2CCC(CBr)C2)C1. The van der Waals surface area contributed by atoms with Gasteiger partial charge in [0, 0.05) is 37.6 Å². The first kappa shape index (κ1) is 13.8. The van der Waals surface area contributed by atoms with Crippen LogP contribution in [0.25, 0.3) is 0 Å². The molecule has 0 aromatic rings. The highest BCUT2D eigenvalue weighted by Crippen LogP contribution is 2.19. The average Bonchev–Trinajstić information content (AvgIpc) is 2.77. The van der Waals surface area contributed by atoms with E-state index in [4.69, 9.17) is 4.74 Å². The third-order valence-corrected chi connectivity index (χ3v) is 4.87. The van der Waals surface area contributed by atoms with E-state index in [0.717, 1.165) is 37.5 Å². The van der Waals surface area contributed by atoms with Gasteiger partial charge in [0.2, 0.25) is 0 Å². The van der Waals surface area contributed by atoms with Gasteiger partial charge in [0.1, 0.15) is 0 Å². The summed E-state index contributed by atoms with van der Waals surface area (Å²) in [6, 6.07) is 0.648. The average molecular weight is 305 g/mol. The van der Waals surface area contributed by atoms with Crippen molar-refractivity contribution in [1.29, 1.82) is 0 Å². The van der Waals surface area contributed by atoms with E-state index in [9.17, 15) is 0 Å². The molecule has 0 N–H and O–H groups in total. The van der Waals surface area contributed by atoms with Gasteiger partial charge in [0.25, 0.3) is 0 Å². The molecule has 2 aliphatic rings. The van der Waals surface area contributed by atoms with E-state index in [0.29, 0.717) is 12.1 Å². The maximum Gasteiger partial charge on any atom is 0.0829 e. The van der Waals surface area contributed by atoms with Crippen LogP contribution in [0.2, 0.25) is 0 Å². The van der Waals surface area contributed by atoms with Crippen molar-refractivity contribution in [2.45, 2.75) is 32.4 Å². The van der Waals surface area contributed by atoms with Crippen LogP contribution >= 0.6 is 15.9 Å². The van der Waals surface area contributed by atoms with Gasteiger partial charge in [-0.25, -0.2) is 0 Å². The lowest BCUT2D eigenvalue weighted by atomic mass is 10.2. The van der Waals surface area contributed by atoms with Gasteiger partial charge in [-0.3, -0.25) is 4.90 Å². The summed E-state index contributed by atoms with van der Waals surface area (Å²) in [5.74, 6) is 0.847. The summed E-state index contributed by atoms with van der Waals surface area (Å²) in [7, 11) is 0. The lowest BCUT2D eigenvalue weighted by Crippen LogP contribution is -2.49. The molecule has 2 unspecified atom stereocenters. The fourth-order valence-corrected chi connectivity index (χ4v) is 3.34. The number of hydrogen-bond acceptors (Lipinski definition) is 3. The van der Waals surface area contributed by atoms with E-state index >= 15 is 0 Å². The Hall–Kier alpha value is 0.360. The monoisotopic (exact) mass is 304 g/mol. The Balaban J connectivity index is 1.75. The van der Waals surface area contributed by atoms with Gasteiger partial charge in [-0.1, -0.05) is 15.9 Å². The van der Waals surface area contributed by atoms with Gasteiger partial charge in [-0.05, 0) is 32.7 Å². The number of alkyl halides is 1. The third kappa shape index (κ3) is 3.91. The van der Waals surface area contributed by atoms with Crippen LogP contribution in [0.15, 0.2) is 0 Å². The summed E-state index contributed by atoms with van der Waals surface area (Å²) in [5, 5.41) is 1.15. The molecule has 17 heavy (non-hydrogen) atoms. The van der Waals surface area contributed by atoms with Gasteiger partial charge in [-0.15, -0.1) is 0 Å². The molecular weight excluding hydrogens is 280 g/mol. The van der Waals surface area contributed by atoms with Gasteiger partial charge in [0.05, 0.1) is 12.7 Å². The predicted molar refractivity (Wildman–Crippen MR) is 74.8 cm³/mol. The maximum atomic E-state index is 5.89. The molecule has 0 aromatic carbocycles. The van der Waals surface area contributed by atoms with Crippen molar-refractivity contribution in [2.24, 2.45) is 5.92 Å². The van der Waals surface area contributed by atoms with Crippen LogP contribution in [0, 0.1) is 5.92 Å². The van der Waals surface area contributed by atoms with E-state index < -0.39 is 0 Å². The molecule has 2 saturated heterocycles. The van der Waals surface area contributed by atoms with Crippen LogP contribution in [0.3, 0.4) is 0 Å². The smallest absolute Gasteiger partial charge is 0.0829 e. The first-order chi connectivity index (χ1) is 8.19. The van der Waals surface area contributed by atoms with Crippen LogP contribution < -0.4 is 0 Å². The zero-order valence-electron chi connectivity index (χ0n) is 11.1. The van der Waals surface area contributed by atoms with E-state index in [1.807, 2.05) is 0 Å². The highest BCUT2D eigenvalue weighted by atomic mass is 79.9. The topological polar surface area (TPSA) is 15.7 Å². The Morgan fingerprint density at radius 3 is 2.76 bits per heavy atom. The highest BCUT2D eigenvalue weighted by Gasteiger charge is 2.27. The van der Waals surface area contributed by atoms with Crippen molar-refractivity contribution in [3.63, 3.8) is 0 Å². The molecule has 0 saturated carbocycles. The second-order valence-electron chi connectivity index (χ2n) is 5.65. The summed E-state index contributed by atoms with van der Waals surface area (Å²) >= 11 is 3.59. The van der Waals surface area contributed by atoms with Crippen LogP contribution in [-0.2, 0) is 4.74 Å². The largest absolute Gasteiger partial charge is 0.374 e. The van der Waals surface area contributed by atoms with Crippen molar-refractivity contribution in [1.82, 2.24) is 9.80 Å². The minimum absolute atomic E-state index is 0.417. The van der Waals surface area contributed by atoms with Crippen molar-refractivity contribution in [3.05, 3.63) is 0 Å². The molecule has 2 aliphatic heterocycles. The van der Waals surface area contributed by atoms with Crippen LogP contribution in [0.4, 0.5) is 0 Å². The first-order valence-electron chi connectivity index (χ1n) is 6.83. The summed E-state index contributed by atoms with van der Waals surface area (Å²) in [5.41, 5.74) is 0. The maximum absolute atomic E-state index is 5.89. The minimum atomic E-state index is 0.417. The van der Waals surface area contributed by atoms with E-state index in [1.165, 1.54) is 19.5 Å². The van der Waals surface area contributed by atoms with Crippen molar-refractivity contribution < 1.29 is 4.74 Å². The van der Waals surface area contributed by atoms with E-state index in [-0.39, 0.29) is 0 Å². The first-order valence-corrected chi connectivity index (χ1v) is 7.95. The summed E-state index contributed by atoms with van der Waals surface area (Å²) in [6.45, 7) is 11.3. The second-order valence-corrected chi connectivity index (χ2v) is 6.30. The number of morpholine rings is 1. The Kier molecular flexibility index (Phi) is 5.27. The molecule has 0 aromatic heterocycles. The molecule has 2 rings (SSSR count). The van der Waals surface area contributed by atoms with Crippen LogP contribution in [-0.4, -0.2) is 66.6 Å². The molecule has 0 aliphatic carbocycles. The molecule has 2 atom stereocenters. The van der Waals surface area contributed by atoms with Gasteiger partial charge in [-0.2, -0.15) is 0 Å². The van der Waals surface area contributed by atoms with Gasteiger partial charge >= 0.3 is 0 Å². The predicted octanol–water partition coefficient (Wildman–Crippen LogP) is 1.81. The minimum Gasteiger partial charge on any atom is -0.374 e. The molecule has 4 heteroatoms. The summed E-state index contributed by atoms with van der Waals surface area (Å²) in [4.78, 5) is 5.10. The molecule has 0 radical (unpaired) electrons. The Morgan fingerprint density at radius 2 is 2.12 bits per heavy atom. The zero-order chi connectivity index (χ0) is 12.3. The Bertz CT molecular complexity index is 237. The Morgan fingerprint density at radius 1 is 1.29 bits per heavy atom. The highest BCUT2D eigenvalue weighted by molar-refractivity contribution is 9.09. The lowest BCUT2D eigenvalue weighted by molar-refractivity contribution is -0.0500. The molecule has 100 valence electrons. The van der Waals surface area contributed by atoms with Gasteiger partial charge in [0.15, 0.2) is 0 Å². The van der Waals surface area contributed by atoms with Crippen molar-refractivity contribution in [2.75, 3.05) is 44.7 Å². The number of nitrogens with zero attached hydrogens (tertiary/aromatic N) is 2. The number of rotatable bonds is 4. The Labute approximate surface area is 114 Å². The molecule has 0 amide bonds. The number of likely N-dealkylation sites (tertiary alicyclic amines) is 1. The van der Waals surface area contributed by atoms with Crippen LogP contribution in [0.1, 0.15) is 20.3 Å². The lowest BCUT2D eigenvalue weighted by Gasteiger charge is -2.37. The van der Waals surface area contributed by atoms with Crippen LogP contribution in [0.5, 0.6) is 0 Å². The number of halogens is 1.